The van der Waals surface area contributed by atoms with Gasteiger partial charge in [-0.3, -0.25) is 9.78 Å². The van der Waals surface area contributed by atoms with Crippen LogP contribution in [-0.2, 0) is 12.6 Å². The first-order valence-corrected chi connectivity index (χ1v) is 7.63. The Bertz CT molecular complexity index is 925. The average molecular weight is 365 g/mol. The highest BCUT2D eigenvalue weighted by Crippen LogP contribution is 2.31. The Morgan fingerprint density at radius 2 is 2.12 bits per heavy atom. The zero-order valence-corrected chi connectivity index (χ0v) is 13.4. The molecule has 2 N–H and O–H groups in total. The molecule has 0 saturated carbocycles. The third-order valence-corrected chi connectivity index (χ3v) is 3.53. The first-order valence-electron chi connectivity index (χ1n) is 7.63. The minimum Gasteiger partial charge on any atom is -0.395 e. The van der Waals surface area contributed by atoms with Crippen LogP contribution in [0.1, 0.15) is 21.7 Å². The number of fused-ring (bicyclic) bond motifs is 1. The summed E-state index contributed by atoms with van der Waals surface area (Å²) in [5, 5.41) is 15.7. The molecule has 0 spiro atoms. The normalized spacial score (nSPS) is 11.7. The van der Waals surface area contributed by atoms with Gasteiger partial charge < -0.3 is 10.4 Å². The molecule has 7 nitrogen and oxygen atoms in total. The lowest BCUT2D eigenvalue weighted by molar-refractivity contribution is -0.137. The molecule has 0 aliphatic carbocycles. The van der Waals surface area contributed by atoms with Crippen LogP contribution in [0.5, 0.6) is 0 Å². The lowest BCUT2D eigenvalue weighted by Crippen LogP contribution is -2.13. The first kappa shape index (κ1) is 17.8. The van der Waals surface area contributed by atoms with E-state index in [1.54, 1.807) is 12.1 Å². The third-order valence-electron chi connectivity index (χ3n) is 3.53. The number of hydrogen-bond acceptors (Lipinski definition) is 6. The van der Waals surface area contributed by atoms with Crippen LogP contribution in [0.3, 0.4) is 0 Å². The third kappa shape index (κ3) is 3.80. The van der Waals surface area contributed by atoms with E-state index >= 15 is 0 Å². The SMILES string of the molecule is O=C(Cc1nc2cc(C(F)(F)F)cc(NCCO)n2n1)c1cccnc1. The number of halogens is 3. The number of rotatable bonds is 6. The topological polar surface area (TPSA) is 92.4 Å². The smallest absolute Gasteiger partial charge is 0.395 e. The van der Waals surface area contributed by atoms with E-state index in [-0.39, 0.29) is 42.6 Å². The van der Waals surface area contributed by atoms with Crippen LogP contribution in [-0.4, -0.2) is 43.6 Å². The summed E-state index contributed by atoms with van der Waals surface area (Å²) < 4.78 is 40.4. The predicted molar refractivity (Wildman–Crippen MR) is 85.8 cm³/mol. The fourth-order valence-corrected chi connectivity index (χ4v) is 2.35. The molecule has 3 rings (SSSR count). The number of ketones is 1. The number of alkyl halides is 3. The summed E-state index contributed by atoms with van der Waals surface area (Å²) in [6, 6.07) is 4.93. The summed E-state index contributed by atoms with van der Waals surface area (Å²) in [4.78, 5) is 20.1. The van der Waals surface area contributed by atoms with Gasteiger partial charge in [0.05, 0.1) is 18.6 Å². The summed E-state index contributed by atoms with van der Waals surface area (Å²) >= 11 is 0. The van der Waals surface area contributed by atoms with Crippen molar-refractivity contribution < 1.29 is 23.1 Å². The lowest BCUT2D eigenvalue weighted by atomic mass is 10.1. The van der Waals surface area contributed by atoms with Gasteiger partial charge in [0, 0.05) is 24.5 Å². The number of carbonyl (C=O) groups excluding carboxylic acids is 1. The number of carbonyl (C=O) groups is 1. The second-order valence-corrected chi connectivity index (χ2v) is 5.42. The molecule has 0 aromatic carbocycles. The summed E-state index contributed by atoms with van der Waals surface area (Å²) in [7, 11) is 0. The van der Waals surface area contributed by atoms with Gasteiger partial charge in [0.25, 0.3) is 0 Å². The van der Waals surface area contributed by atoms with Gasteiger partial charge in [-0.15, -0.1) is 5.10 Å². The van der Waals surface area contributed by atoms with Crippen molar-refractivity contribution in [3.8, 4) is 0 Å². The number of anilines is 1. The number of pyridine rings is 2. The van der Waals surface area contributed by atoms with Crippen LogP contribution in [0.25, 0.3) is 5.65 Å². The molecule has 0 aliphatic rings. The Labute approximate surface area is 145 Å². The fourth-order valence-electron chi connectivity index (χ4n) is 2.35. The van der Waals surface area contributed by atoms with Gasteiger partial charge in [0.2, 0.25) is 0 Å². The Morgan fingerprint density at radius 1 is 1.31 bits per heavy atom. The molecule has 10 heteroatoms. The molecule has 0 radical (unpaired) electrons. The Morgan fingerprint density at radius 3 is 2.77 bits per heavy atom. The minimum absolute atomic E-state index is 0.0245. The van der Waals surface area contributed by atoms with E-state index in [1.165, 1.54) is 16.9 Å². The van der Waals surface area contributed by atoms with Crippen LogP contribution in [0, 0.1) is 0 Å². The van der Waals surface area contributed by atoms with Gasteiger partial charge in [-0.05, 0) is 24.3 Å². The predicted octanol–water partition coefficient (Wildman–Crippen LogP) is 1.97. The number of Topliss-reactive ketones (excluding diaryl/α,β-unsaturated/α-hetero) is 1. The number of aliphatic hydroxyl groups excluding tert-OH is 1. The molecular formula is C16H14F3N5O2. The Kier molecular flexibility index (Phi) is 4.85. The van der Waals surface area contributed by atoms with Crippen LogP contribution in [0.2, 0.25) is 0 Å². The van der Waals surface area contributed by atoms with Crippen molar-refractivity contribution in [2.24, 2.45) is 0 Å². The highest BCUT2D eigenvalue weighted by Gasteiger charge is 2.32. The van der Waals surface area contributed by atoms with Crippen molar-refractivity contribution in [2.45, 2.75) is 12.6 Å². The molecule has 0 amide bonds. The van der Waals surface area contributed by atoms with Crippen LogP contribution in [0.4, 0.5) is 19.0 Å². The van der Waals surface area contributed by atoms with Crippen molar-refractivity contribution in [1.82, 2.24) is 19.6 Å². The van der Waals surface area contributed by atoms with E-state index in [9.17, 15) is 18.0 Å². The van der Waals surface area contributed by atoms with Crippen molar-refractivity contribution in [1.29, 1.82) is 0 Å². The van der Waals surface area contributed by atoms with Gasteiger partial charge in [0.15, 0.2) is 17.3 Å². The zero-order chi connectivity index (χ0) is 18.7. The lowest BCUT2D eigenvalue weighted by Gasteiger charge is -2.11. The zero-order valence-electron chi connectivity index (χ0n) is 13.4. The standard InChI is InChI=1S/C16H14F3N5O2/c17-16(18,19)11-6-14(21-4-5-25)24-15(7-11)22-13(23-24)8-12(26)10-2-1-3-20-9-10/h1-3,6-7,9,21,25H,4-5,8H2. The maximum atomic E-state index is 13.1. The number of nitrogens with one attached hydrogen (secondary N) is 1. The van der Waals surface area contributed by atoms with Gasteiger partial charge in [0.1, 0.15) is 5.82 Å². The second kappa shape index (κ2) is 7.08. The van der Waals surface area contributed by atoms with Crippen molar-refractivity contribution in [2.75, 3.05) is 18.5 Å². The molecule has 0 fully saturated rings. The maximum Gasteiger partial charge on any atom is 0.416 e. The van der Waals surface area contributed by atoms with Gasteiger partial charge >= 0.3 is 6.18 Å². The maximum absolute atomic E-state index is 13.1. The van der Waals surface area contributed by atoms with E-state index in [2.05, 4.69) is 20.4 Å². The summed E-state index contributed by atoms with van der Waals surface area (Å²) in [5.41, 5.74) is -0.585. The van der Waals surface area contributed by atoms with Gasteiger partial charge in [-0.25, -0.2) is 4.98 Å². The molecule has 136 valence electrons. The quantitative estimate of drug-likeness (QED) is 0.649. The van der Waals surface area contributed by atoms with E-state index in [0.717, 1.165) is 12.1 Å². The van der Waals surface area contributed by atoms with Crippen molar-refractivity contribution in [3.05, 3.63) is 53.6 Å². The van der Waals surface area contributed by atoms with Gasteiger partial charge in [-0.1, -0.05) is 0 Å². The Balaban J connectivity index is 1.97. The first-order chi connectivity index (χ1) is 12.4. The molecule has 3 heterocycles. The molecule has 26 heavy (non-hydrogen) atoms. The van der Waals surface area contributed by atoms with E-state index in [4.69, 9.17) is 5.11 Å². The summed E-state index contributed by atoms with van der Waals surface area (Å²) in [6.45, 7) is -0.223. The van der Waals surface area contributed by atoms with Crippen molar-refractivity contribution in [3.63, 3.8) is 0 Å². The highest BCUT2D eigenvalue weighted by atomic mass is 19.4. The molecule has 0 unspecified atom stereocenters. The number of aromatic nitrogens is 4. The molecule has 3 aromatic rings. The largest absolute Gasteiger partial charge is 0.416 e. The summed E-state index contributed by atoms with van der Waals surface area (Å²) in [5.74, 6) is -0.184. The van der Waals surface area contributed by atoms with E-state index < -0.39 is 11.7 Å². The molecular weight excluding hydrogens is 351 g/mol. The monoisotopic (exact) mass is 365 g/mol. The minimum atomic E-state index is -4.56. The van der Waals surface area contributed by atoms with Crippen LogP contribution in [0.15, 0.2) is 36.7 Å². The second-order valence-electron chi connectivity index (χ2n) is 5.42. The molecule has 0 aliphatic heterocycles. The van der Waals surface area contributed by atoms with Crippen molar-refractivity contribution >= 4 is 17.2 Å². The Hall–Kier alpha value is -3.01. The number of aliphatic hydroxyl groups is 1. The molecule has 0 saturated heterocycles. The summed E-state index contributed by atoms with van der Waals surface area (Å²) in [6.07, 6.45) is -1.81. The molecule has 0 bridgehead atoms. The molecule has 0 atom stereocenters. The molecule has 3 aromatic heterocycles. The van der Waals surface area contributed by atoms with Crippen LogP contribution < -0.4 is 5.32 Å². The number of nitrogens with zero attached hydrogens (tertiary/aromatic N) is 4. The highest BCUT2D eigenvalue weighted by molar-refractivity contribution is 5.96. The van der Waals surface area contributed by atoms with E-state index in [1.807, 2.05) is 0 Å². The number of hydrogen-bond donors (Lipinski definition) is 2. The van der Waals surface area contributed by atoms with E-state index in [0.29, 0.717) is 5.56 Å². The fraction of sp³-hybridized carbons (Fsp3) is 0.250. The average Bonchev–Trinajstić information content (AvgIpc) is 3.02. The van der Waals surface area contributed by atoms with Gasteiger partial charge in [-0.2, -0.15) is 17.7 Å². The van der Waals surface area contributed by atoms with Crippen LogP contribution >= 0.6 is 0 Å².